The number of hydrogen-bond donors (Lipinski definition) is 2. The molecule has 1 aromatic rings. The molecular formula is C24H33N3O4. The third-order valence-corrected chi connectivity index (χ3v) is 6.52. The highest BCUT2D eigenvalue weighted by Crippen LogP contribution is 2.31. The Morgan fingerprint density at radius 3 is 2.71 bits per heavy atom. The van der Waals surface area contributed by atoms with Crippen LogP contribution in [0.2, 0.25) is 0 Å². The summed E-state index contributed by atoms with van der Waals surface area (Å²) >= 11 is 0. The summed E-state index contributed by atoms with van der Waals surface area (Å²) < 4.78 is 6.44. The number of hydrogen-bond acceptors (Lipinski definition) is 5. The number of ether oxygens (including phenoxy) is 1. The molecule has 3 amide bonds. The van der Waals surface area contributed by atoms with Crippen LogP contribution in [0.25, 0.3) is 0 Å². The number of rotatable bonds is 6. The van der Waals surface area contributed by atoms with E-state index in [9.17, 15) is 14.4 Å². The minimum absolute atomic E-state index is 0.114. The van der Waals surface area contributed by atoms with E-state index in [2.05, 4.69) is 24.5 Å². The number of carbonyl (C=O) groups excluding carboxylic acids is 3. The Morgan fingerprint density at radius 1 is 1.13 bits per heavy atom. The number of piperidine rings is 1. The number of amides is 3. The highest BCUT2D eigenvalue weighted by atomic mass is 16.5. The lowest BCUT2D eigenvalue weighted by Gasteiger charge is -2.29. The Labute approximate surface area is 183 Å². The van der Waals surface area contributed by atoms with E-state index in [1.54, 1.807) is 4.90 Å². The van der Waals surface area contributed by atoms with Crippen LogP contribution in [0.15, 0.2) is 18.2 Å². The first-order valence-electron chi connectivity index (χ1n) is 11.6. The molecule has 31 heavy (non-hydrogen) atoms. The molecule has 0 bridgehead atoms. The predicted octanol–water partition coefficient (Wildman–Crippen LogP) is 2.77. The molecule has 1 saturated carbocycles. The highest BCUT2D eigenvalue weighted by Gasteiger charge is 2.39. The summed E-state index contributed by atoms with van der Waals surface area (Å²) in [5.41, 5.74) is 1.50. The molecule has 3 atom stereocenters. The Hall–Kier alpha value is -2.41. The second kappa shape index (κ2) is 9.39. The van der Waals surface area contributed by atoms with Crippen molar-refractivity contribution >= 4 is 17.7 Å². The zero-order chi connectivity index (χ0) is 22.0. The number of imide groups is 1. The van der Waals surface area contributed by atoms with E-state index in [0.29, 0.717) is 30.5 Å². The summed E-state index contributed by atoms with van der Waals surface area (Å²) in [5.74, 6) is 0.562. The predicted molar refractivity (Wildman–Crippen MR) is 117 cm³/mol. The van der Waals surface area contributed by atoms with Gasteiger partial charge < -0.3 is 15.0 Å². The van der Waals surface area contributed by atoms with Crippen LogP contribution in [0.3, 0.4) is 0 Å². The van der Waals surface area contributed by atoms with Crippen molar-refractivity contribution in [2.24, 2.45) is 5.92 Å². The number of nitrogens with one attached hydrogen (secondary N) is 2. The Morgan fingerprint density at radius 2 is 1.94 bits per heavy atom. The minimum atomic E-state index is -0.589. The quantitative estimate of drug-likeness (QED) is 0.538. The zero-order valence-corrected chi connectivity index (χ0v) is 18.5. The molecule has 2 N–H and O–H groups in total. The van der Waals surface area contributed by atoms with Crippen molar-refractivity contribution in [2.45, 2.75) is 83.5 Å². The van der Waals surface area contributed by atoms with Crippen LogP contribution in [0.1, 0.15) is 74.7 Å². The molecule has 1 saturated heterocycles. The van der Waals surface area contributed by atoms with Gasteiger partial charge in [-0.25, -0.2) is 0 Å². The number of fused-ring (bicyclic) bond motifs is 1. The molecule has 0 radical (unpaired) electrons. The maximum absolute atomic E-state index is 12.9. The molecule has 0 aromatic heterocycles. The highest BCUT2D eigenvalue weighted by molar-refractivity contribution is 6.05. The first kappa shape index (κ1) is 21.8. The van der Waals surface area contributed by atoms with Crippen molar-refractivity contribution < 1.29 is 19.1 Å². The maximum atomic E-state index is 12.9. The van der Waals surface area contributed by atoms with Crippen LogP contribution in [-0.4, -0.2) is 47.4 Å². The monoisotopic (exact) mass is 427 g/mol. The van der Waals surface area contributed by atoms with Crippen molar-refractivity contribution in [2.75, 3.05) is 6.54 Å². The summed E-state index contributed by atoms with van der Waals surface area (Å²) in [6.07, 6.45) is 6.50. The summed E-state index contributed by atoms with van der Waals surface area (Å²) in [4.78, 5) is 38.1. The number of benzene rings is 1. The number of carbonyl (C=O) groups is 3. The molecule has 7 heteroatoms. The maximum Gasteiger partial charge on any atom is 0.255 e. The molecule has 7 nitrogen and oxygen atoms in total. The fourth-order valence-electron chi connectivity index (χ4n) is 4.83. The van der Waals surface area contributed by atoms with Crippen LogP contribution in [0.4, 0.5) is 0 Å². The first-order chi connectivity index (χ1) is 14.9. The van der Waals surface area contributed by atoms with Crippen LogP contribution < -0.4 is 15.4 Å². The fourth-order valence-corrected chi connectivity index (χ4v) is 4.83. The van der Waals surface area contributed by atoms with E-state index in [-0.39, 0.29) is 30.2 Å². The van der Waals surface area contributed by atoms with E-state index in [0.717, 1.165) is 37.1 Å². The van der Waals surface area contributed by atoms with Gasteiger partial charge in [-0.1, -0.05) is 26.7 Å². The topological polar surface area (TPSA) is 87.7 Å². The zero-order valence-electron chi connectivity index (χ0n) is 18.5. The molecular weight excluding hydrogens is 394 g/mol. The van der Waals surface area contributed by atoms with Crippen LogP contribution >= 0.6 is 0 Å². The van der Waals surface area contributed by atoms with Gasteiger partial charge in [0.2, 0.25) is 11.8 Å². The molecule has 1 unspecified atom stereocenters. The van der Waals surface area contributed by atoms with Gasteiger partial charge >= 0.3 is 0 Å². The van der Waals surface area contributed by atoms with E-state index in [4.69, 9.17) is 4.74 Å². The molecule has 0 spiro atoms. The molecule has 2 aliphatic heterocycles. The minimum Gasteiger partial charge on any atom is -0.489 e. The van der Waals surface area contributed by atoms with Crippen LogP contribution in [0.5, 0.6) is 5.75 Å². The second-order valence-corrected chi connectivity index (χ2v) is 9.42. The second-order valence-electron chi connectivity index (χ2n) is 9.42. The van der Waals surface area contributed by atoms with Gasteiger partial charge in [-0.05, 0) is 61.9 Å². The summed E-state index contributed by atoms with van der Waals surface area (Å²) in [5, 5.41) is 6.04. The van der Waals surface area contributed by atoms with E-state index in [1.807, 2.05) is 18.2 Å². The van der Waals surface area contributed by atoms with Gasteiger partial charge in [-0.2, -0.15) is 0 Å². The average Bonchev–Trinajstić information content (AvgIpc) is 2.89. The standard InChI is InChI=1S/C24H33N3O4/c1-15(2)13-25-19-6-4-3-5-7-21(19)31-17-8-9-18-16(12-17)14-27(24(18)30)20-10-11-22(28)26-23(20)29/h8-9,12,15,19-21,25H,3-7,10-11,13-14H2,1-2H3,(H,26,28,29)/t19-,20?,21+/m0/s1. The normalized spacial score (nSPS) is 26.6. The largest absolute Gasteiger partial charge is 0.489 e. The van der Waals surface area contributed by atoms with Gasteiger partial charge in [0.15, 0.2) is 0 Å². The van der Waals surface area contributed by atoms with Gasteiger partial charge in [-0.15, -0.1) is 0 Å². The lowest BCUT2D eigenvalue weighted by atomic mass is 10.0. The van der Waals surface area contributed by atoms with Crippen molar-refractivity contribution in [1.29, 1.82) is 0 Å². The van der Waals surface area contributed by atoms with Gasteiger partial charge in [0.25, 0.3) is 5.91 Å². The smallest absolute Gasteiger partial charge is 0.255 e. The van der Waals surface area contributed by atoms with Gasteiger partial charge in [0, 0.05) is 24.6 Å². The van der Waals surface area contributed by atoms with Gasteiger partial charge in [0.1, 0.15) is 17.9 Å². The Bertz CT molecular complexity index is 853. The Balaban J connectivity index is 1.46. The van der Waals surface area contributed by atoms with Crippen LogP contribution in [-0.2, 0) is 16.1 Å². The Kier molecular flexibility index (Phi) is 6.60. The molecule has 1 aromatic carbocycles. The molecule has 1 aliphatic carbocycles. The lowest BCUT2D eigenvalue weighted by molar-refractivity contribution is -0.136. The lowest BCUT2D eigenvalue weighted by Crippen LogP contribution is -2.52. The van der Waals surface area contributed by atoms with Crippen molar-refractivity contribution in [3.05, 3.63) is 29.3 Å². The van der Waals surface area contributed by atoms with E-state index < -0.39 is 6.04 Å². The molecule has 2 fully saturated rings. The molecule has 3 aliphatic rings. The van der Waals surface area contributed by atoms with Crippen molar-refractivity contribution in [3.8, 4) is 5.75 Å². The van der Waals surface area contributed by atoms with E-state index in [1.165, 1.54) is 12.8 Å². The summed E-state index contributed by atoms with van der Waals surface area (Å²) in [6, 6.07) is 5.37. The third-order valence-electron chi connectivity index (χ3n) is 6.52. The number of nitrogens with zero attached hydrogens (tertiary/aromatic N) is 1. The van der Waals surface area contributed by atoms with Crippen molar-refractivity contribution in [1.82, 2.24) is 15.5 Å². The van der Waals surface area contributed by atoms with Crippen molar-refractivity contribution in [3.63, 3.8) is 0 Å². The first-order valence-corrected chi connectivity index (χ1v) is 11.6. The SMILES string of the molecule is CC(C)CN[C@H]1CCCCC[C@H]1Oc1ccc2c(c1)CN(C1CCC(=O)NC1=O)C2=O. The van der Waals surface area contributed by atoms with Crippen LogP contribution in [0, 0.1) is 5.92 Å². The van der Waals surface area contributed by atoms with E-state index >= 15 is 0 Å². The van der Waals surface area contributed by atoms with Gasteiger partial charge in [-0.3, -0.25) is 19.7 Å². The molecule has 168 valence electrons. The fraction of sp³-hybridized carbons (Fsp3) is 0.625. The molecule has 4 rings (SSSR count). The summed E-state index contributed by atoms with van der Waals surface area (Å²) in [7, 11) is 0. The third kappa shape index (κ3) is 4.92. The van der Waals surface area contributed by atoms with Gasteiger partial charge in [0.05, 0.1) is 0 Å². The summed E-state index contributed by atoms with van der Waals surface area (Å²) in [6.45, 7) is 5.78. The molecule has 2 heterocycles. The average molecular weight is 428 g/mol.